The van der Waals surface area contributed by atoms with Crippen molar-refractivity contribution in [2.45, 2.75) is 122 Å². The second kappa shape index (κ2) is 19.1. The van der Waals surface area contributed by atoms with E-state index in [0.29, 0.717) is 6.61 Å². The summed E-state index contributed by atoms with van der Waals surface area (Å²) in [6.45, 7) is 5.71. The van der Waals surface area contributed by atoms with Gasteiger partial charge in [0.1, 0.15) is 6.61 Å². The molecular formula is C29H51NO3. The number of benzene rings is 1. The molecular weight excluding hydrogens is 410 g/mol. The van der Waals surface area contributed by atoms with Gasteiger partial charge in [0.05, 0.1) is 13.2 Å². The van der Waals surface area contributed by atoms with E-state index in [1.165, 1.54) is 95.5 Å². The van der Waals surface area contributed by atoms with E-state index >= 15 is 0 Å². The minimum Gasteiger partial charge on any atom is -0.493 e. The van der Waals surface area contributed by atoms with Crippen LogP contribution >= 0.6 is 0 Å². The summed E-state index contributed by atoms with van der Waals surface area (Å²) >= 11 is 0. The van der Waals surface area contributed by atoms with Crippen LogP contribution in [0.15, 0.2) is 18.2 Å². The van der Waals surface area contributed by atoms with Gasteiger partial charge in [0.25, 0.3) is 0 Å². The van der Waals surface area contributed by atoms with E-state index in [1.807, 2.05) is 6.07 Å². The minimum atomic E-state index is 0.223. The van der Waals surface area contributed by atoms with Gasteiger partial charge >= 0.3 is 0 Å². The quantitative estimate of drug-likeness (QED) is 0.189. The van der Waals surface area contributed by atoms with Crippen molar-refractivity contribution >= 4 is 0 Å². The highest BCUT2D eigenvalue weighted by molar-refractivity contribution is 5.43. The second-order valence-electron chi connectivity index (χ2n) is 9.70. The molecule has 190 valence electrons. The maximum Gasteiger partial charge on any atom is 0.161 e. The Morgan fingerprint density at radius 3 is 2.06 bits per heavy atom. The van der Waals surface area contributed by atoms with E-state index in [0.717, 1.165) is 44.0 Å². The first-order chi connectivity index (χ1) is 16.3. The first-order valence-electron chi connectivity index (χ1n) is 14.0. The van der Waals surface area contributed by atoms with Crippen molar-refractivity contribution in [1.82, 2.24) is 5.32 Å². The fraction of sp³-hybridized carbons (Fsp3) is 0.793. The SMILES string of the molecule is CCCCCCCCCCCCCCCCNCc1ccc(OCC2CCCO2)c(OC)c1. The summed E-state index contributed by atoms with van der Waals surface area (Å²) in [6.07, 6.45) is 22.1. The zero-order valence-electron chi connectivity index (χ0n) is 21.7. The fourth-order valence-corrected chi connectivity index (χ4v) is 4.58. The maximum absolute atomic E-state index is 5.93. The molecule has 1 aromatic carbocycles. The van der Waals surface area contributed by atoms with Crippen LogP contribution in [0.25, 0.3) is 0 Å². The van der Waals surface area contributed by atoms with E-state index in [-0.39, 0.29) is 6.10 Å². The predicted molar refractivity (Wildman–Crippen MR) is 139 cm³/mol. The first kappa shape index (κ1) is 28.0. The summed E-state index contributed by atoms with van der Waals surface area (Å²) in [5.41, 5.74) is 1.24. The molecule has 0 amide bonds. The molecule has 33 heavy (non-hydrogen) atoms. The molecule has 1 fully saturated rings. The Hall–Kier alpha value is -1.26. The lowest BCUT2D eigenvalue weighted by atomic mass is 10.0. The number of methoxy groups -OCH3 is 1. The molecule has 0 radical (unpaired) electrons. The zero-order chi connectivity index (χ0) is 23.4. The van der Waals surface area contributed by atoms with Crippen LogP contribution in [-0.2, 0) is 11.3 Å². The Labute approximate surface area is 204 Å². The molecule has 0 bridgehead atoms. The third-order valence-corrected chi connectivity index (χ3v) is 6.71. The summed E-state index contributed by atoms with van der Waals surface area (Å²) in [6, 6.07) is 6.24. The summed E-state index contributed by atoms with van der Waals surface area (Å²) in [5, 5.41) is 3.58. The van der Waals surface area contributed by atoms with Gasteiger partial charge in [-0.3, -0.25) is 0 Å². The lowest BCUT2D eigenvalue weighted by Crippen LogP contribution is -2.17. The average molecular weight is 462 g/mol. The van der Waals surface area contributed by atoms with Crippen LogP contribution in [0.2, 0.25) is 0 Å². The average Bonchev–Trinajstić information content (AvgIpc) is 3.36. The number of hydrogen-bond donors (Lipinski definition) is 1. The summed E-state index contributed by atoms with van der Waals surface area (Å²) < 4.78 is 17.1. The Balaban J connectivity index is 1.42. The second-order valence-corrected chi connectivity index (χ2v) is 9.70. The molecule has 1 N–H and O–H groups in total. The minimum absolute atomic E-state index is 0.223. The molecule has 0 spiro atoms. The van der Waals surface area contributed by atoms with Crippen LogP contribution < -0.4 is 14.8 Å². The van der Waals surface area contributed by atoms with Gasteiger partial charge in [-0.05, 0) is 43.5 Å². The lowest BCUT2D eigenvalue weighted by Gasteiger charge is -2.15. The molecule has 1 saturated heterocycles. The van der Waals surface area contributed by atoms with Crippen molar-refractivity contribution in [2.24, 2.45) is 0 Å². The molecule has 4 nitrogen and oxygen atoms in total. The van der Waals surface area contributed by atoms with Crippen molar-refractivity contribution in [1.29, 1.82) is 0 Å². The van der Waals surface area contributed by atoms with Crippen molar-refractivity contribution in [3.05, 3.63) is 23.8 Å². The van der Waals surface area contributed by atoms with Gasteiger partial charge in [-0.2, -0.15) is 0 Å². The van der Waals surface area contributed by atoms with Crippen LogP contribution in [0.4, 0.5) is 0 Å². The normalized spacial score (nSPS) is 15.8. The highest BCUT2D eigenvalue weighted by Gasteiger charge is 2.17. The third kappa shape index (κ3) is 13.3. The Bertz CT molecular complexity index is 586. The molecule has 1 heterocycles. The van der Waals surface area contributed by atoms with Gasteiger partial charge in [-0.1, -0.05) is 96.5 Å². The number of unbranched alkanes of at least 4 members (excludes halogenated alkanes) is 13. The van der Waals surface area contributed by atoms with Crippen molar-refractivity contribution < 1.29 is 14.2 Å². The smallest absolute Gasteiger partial charge is 0.161 e. The first-order valence-corrected chi connectivity index (χ1v) is 14.0. The van der Waals surface area contributed by atoms with E-state index in [1.54, 1.807) is 7.11 Å². The molecule has 0 aromatic heterocycles. The van der Waals surface area contributed by atoms with Crippen LogP contribution in [0, 0.1) is 0 Å². The summed E-state index contributed by atoms with van der Waals surface area (Å²) in [7, 11) is 1.71. The number of ether oxygens (including phenoxy) is 3. The molecule has 0 saturated carbocycles. The lowest BCUT2D eigenvalue weighted by molar-refractivity contribution is 0.0669. The number of hydrogen-bond acceptors (Lipinski definition) is 4. The molecule has 4 heteroatoms. The van der Waals surface area contributed by atoms with E-state index in [2.05, 4.69) is 24.4 Å². The van der Waals surface area contributed by atoms with Crippen LogP contribution in [0.5, 0.6) is 11.5 Å². The fourth-order valence-electron chi connectivity index (χ4n) is 4.58. The van der Waals surface area contributed by atoms with E-state index in [4.69, 9.17) is 14.2 Å². The van der Waals surface area contributed by atoms with Crippen LogP contribution in [0.1, 0.15) is 115 Å². The van der Waals surface area contributed by atoms with Crippen LogP contribution in [0.3, 0.4) is 0 Å². The molecule has 1 atom stereocenters. The monoisotopic (exact) mass is 461 g/mol. The predicted octanol–water partition coefficient (Wildman–Crippen LogP) is 7.82. The topological polar surface area (TPSA) is 39.7 Å². The van der Waals surface area contributed by atoms with Gasteiger partial charge < -0.3 is 19.5 Å². The third-order valence-electron chi connectivity index (χ3n) is 6.71. The highest BCUT2D eigenvalue weighted by Crippen LogP contribution is 2.29. The molecule has 1 aromatic rings. The molecule has 1 aliphatic rings. The van der Waals surface area contributed by atoms with Crippen molar-refractivity contribution in [3.63, 3.8) is 0 Å². The van der Waals surface area contributed by atoms with Gasteiger partial charge in [0.2, 0.25) is 0 Å². The molecule has 2 rings (SSSR count). The Kier molecular flexibility index (Phi) is 16.2. The van der Waals surface area contributed by atoms with Crippen molar-refractivity contribution in [3.8, 4) is 11.5 Å². The number of rotatable bonds is 21. The number of nitrogens with one attached hydrogen (secondary N) is 1. The zero-order valence-corrected chi connectivity index (χ0v) is 21.7. The highest BCUT2D eigenvalue weighted by atomic mass is 16.5. The largest absolute Gasteiger partial charge is 0.493 e. The van der Waals surface area contributed by atoms with E-state index in [9.17, 15) is 0 Å². The van der Waals surface area contributed by atoms with Gasteiger partial charge in [0, 0.05) is 13.2 Å². The molecule has 1 aliphatic heterocycles. The van der Waals surface area contributed by atoms with Gasteiger partial charge in [-0.15, -0.1) is 0 Å². The molecule has 0 aliphatic carbocycles. The standard InChI is InChI=1S/C29H51NO3/c1-3-4-5-6-7-8-9-10-11-12-13-14-15-16-21-30-24-26-19-20-28(29(23-26)31-2)33-25-27-18-17-22-32-27/h19-20,23,27,30H,3-18,21-22,24-25H2,1-2H3. The Morgan fingerprint density at radius 2 is 1.48 bits per heavy atom. The van der Waals surface area contributed by atoms with Gasteiger partial charge in [-0.25, -0.2) is 0 Å². The summed E-state index contributed by atoms with van der Waals surface area (Å²) in [5.74, 6) is 1.62. The van der Waals surface area contributed by atoms with E-state index < -0.39 is 0 Å². The van der Waals surface area contributed by atoms with Crippen molar-refractivity contribution in [2.75, 3.05) is 26.9 Å². The Morgan fingerprint density at radius 1 is 0.848 bits per heavy atom. The summed E-state index contributed by atoms with van der Waals surface area (Å²) in [4.78, 5) is 0. The van der Waals surface area contributed by atoms with Crippen LogP contribution in [-0.4, -0.2) is 33.0 Å². The molecule has 1 unspecified atom stereocenters. The van der Waals surface area contributed by atoms with Gasteiger partial charge in [0.15, 0.2) is 11.5 Å². The maximum atomic E-state index is 5.93.